The van der Waals surface area contributed by atoms with Crippen LogP contribution >= 0.6 is 11.6 Å². The Morgan fingerprint density at radius 3 is 2.56 bits per heavy atom. The van der Waals surface area contributed by atoms with E-state index in [-0.39, 0.29) is 5.88 Å². The minimum atomic E-state index is 0.227. The van der Waals surface area contributed by atoms with Gasteiger partial charge in [-0.3, -0.25) is 0 Å². The second-order valence-corrected chi connectivity index (χ2v) is 1.65. The summed E-state index contributed by atoms with van der Waals surface area (Å²) in [5.74, 6) is 5.79. The second kappa shape index (κ2) is 4.29. The number of aliphatic imine (C=N–C) groups is 1. The molecule has 0 unspecified atom stereocenters. The van der Waals surface area contributed by atoms with Crippen molar-refractivity contribution in [2.24, 2.45) is 15.9 Å². The smallest absolute Gasteiger partial charge is 0.164 e. The number of amidine groups is 1. The van der Waals surface area contributed by atoms with Gasteiger partial charge in [-0.25, -0.2) is 16.0 Å². The van der Waals surface area contributed by atoms with E-state index >= 15 is 0 Å². The Kier molecular flexibility index (Phi) is 4.00. The molecule has 0 heterocycles. The number of nitrogens with two attached hydrogens (primary N) is 1. The quantitative estimate of drug-likeness (QED) is 0.198. The Hall–Kier alpha value is -0.610. The van der Waals surface area contributed by atoms with Crippen LogP contribution in [0.5, 0.6) is 0 Å². The third-order valence-electron chi connectivity index (χ3n) is 0.575. The molecule has 5 heteroatoms. The van der Waals surface area contributed by atoms with E-state index in [1.165, 1.54) is 0 Å². The fourth-order valence-electron chi connectivity index (χ4n) is 0.283. The lowest BCUT2D eigenvalue weighted by molar-refractivity contribution is 0.371. The van der Waals surface area contributed by atoms with Gasteiger partial charge in [-0.1, -0.05) is 0 Å². The van der Waals surface area contributed by atoms with Gasteiger partial charge in [0, 0.05) is 7.05 Å². The fourth-order valence-corrected chi connectivity index (χ4v) is 0.421. The van der Waals surface area contributed by atoms with Crippen molar-refractivity contribution in [2.75, 3.05) is 12.9 Å². The highest BCUT2D eigenvalue weighted by Crippen LogP contribution is 1.84. The van der Waals surface area contributed by atoms with E-state index in [2.05, 4.69) is 16.8 Å². The molecule has 0 atom stereocenters. The maximum absolute atomic E-state index is 5.36. The van der Waals surface area contributed by atoms with Gasteiger partial charge >= 0.3 is 0 Å². The topological polar surface area (TPSA) is 54.0 Å². The van der Waals surface area contributed by atoms with Gasteiger partial charge in [-0.05, 0) is 6.72 Å². The van der Waals surface area contributed by atoms with E-state index in [0.29, 0.717) is 5.84 Å². The summed E-state index contributed by atoms with van der Waals surface area (Å²) in [6.07, 6.45) is 0. The van der Waals surface area contributed by atoms with Crippen molar-refractivity contribution in [3.63, 3.8) is 0 Å². The predicted molar refractivity (Wildman–Crippen MR) is 39.7 cm³/mol. The molecule has 0 radical (unpaired) electrons. The molecular formula is C4H9ClN4. The highest BCUT2D eigenvalue weighted by atomic mass is 35.5. The van der Waals surface area contributed by atoms with Crippen LogP contribution in [0.15, 0.2) is 10.1 Å². The summed E-state index contributed by atoms with van der Waals surface area (Å²) in [6, 6.07) is 0. The summed E-state index contributed by atoms with van der Waals surface area (Å²) < 4.78 is 0. The molecule has 0 rings (SSSR count). The number of rotatable bonds is 2. The summed E-state index contributed by atoms with van der Waals surface area (Å²) >= 11 is 5.36. The molecule has 0 bridgehead atoms. The zero-order valence-electron chi connectivity index (χ0n) is 5.21. The summed E-state index contributed by atoms with van der Waals surface area (Å²) in [5, 5.41) is 4.81. The molecule has 0 saturated heterocycles. The highest BCUT2D eigenvalue weighted by Gasteiger charge is 1.90. The Labute approximate surface area is 59.0 Å². The minimum Gasteiger partial charge on any atom is -0.246 e. The van der Waals surface area contributed by atoms with Gasteiger partial charge < -0.3 is 0 Å². The molecule has 9 heavy (non-hydrogen) atoms. The average molecular weight is 149 g/mol. The van der Waals surface area contributed by atoms with Crippen LogP contribution in [0.1, 0.15) is 0 Å². The number of nitrogens with zero attached hydrogens (tertiary/aromatic N) is 3. The maximum atomic E-state index is 5.36. The molecule has 0 spiro atoms. The molecule has 0 fully saturated rings. The monoisotopic (exact) mass is 148 g/mol. The van der Waals surface area contributed by atoms with Gasteiger partial charge in [-0.2, -0.15) is 0 Å². The number of hydrazine groups is 1. The number of halogens is 1. The number of hydrogen-bond acceptors (Lipinski definition) is 3. The van der Waals surface area contributed by atoms with Crippen molar-refractivity contribution in [1.82, 2.24) is 5.12 Å². The number of hydrogen-bond donors (Lipinski definition) is 1. The van der Waals surface area contributed by atoms with Crippen molar-refractivity contribution in [3.05, 3.63) is 0 Å². The van der Waals surface area contributed by atoms with Crippen LogP contribution < -0.4 is 5.84 Å². The van der Waals surface area contributed by atoms with Crippen molar-refractivity contribution in [3.8, 4) is 0 Å². The molecule has 0 saturated carbocycles. The van der Waals surface area contributed by atoms with Gasteiger partial charge in [0.15, 0.2) is 5.84 Å². The van der Waals surface area contributed by atoms with Crippen molar-refractivity contribution >= 4 is 24.2 Å². The Morgan fingerprint density at radius 2 is 2.44 bits per heavy atom. The lowest BCUT2D eigenvalue weighted by Gasteiger charge is -2.03. The zero-order chi connectivity index (χ0) is 7.28. The summed E-state index contributed by atoms with van der Waals surface area (Å²) in [5.41, 5.74) is 0. The van der Waals surface area contributed by atoms with E-state index in [1.807, 2.05) is 0 Å². The van der Waals surface area contributed by atoms with E-state index in [1.54, 1.807) is 7.05 Å². The van der Waals surface area contributed by atoms with Gasteiger partial charge in [-0.15, -0.1) is 16.7 Å². The SMILES string of the molecule is C=N/C(CCl)=N\N(C)N. The van der Waals surface area contributed by atoms with Crippen LogP contribution in [0.2, 0.25) is 0 Å². The molecule has 0 aromatic rings. The van der Waals surface area contributed by atoms with Crippen LogP contribution in [0.4, 0.5) is 0 Å². The maximum Gasteiger partial charge on any atom is 0.164 e. The molecule has 52 valence electrons. The van der Waals surface area contributed by atoms with Gasteiger partial charge in [0.05, 0.1) is 5.88 Å². The van der Waals surface area contributed by atoms with Gasteiger partial charge in [0.25, 0.3) is 0 Å². The Morgan fingerprint density at radius 1 is 1.89 bits per heavy atom. The molecule has 0 amide bonds. The highest BCUT2D eigenvalue weighted by molar-refractivity contribution is 6.28. The van der Waals surface area contributed by atoms with Crippen LogP contribution in [-0.4, -0.2) is 30.6 Å². The molecule has 0 aromatic carbocycles. The summed E-state index contributed by atoms with van der Waals surface area (Å²) in [7, 11) is 1.58. The molecule has 2 N–H and O–H groups in total. The lowest BCUT2D eigenvalue weighted by atomic mass is 10.7. The van der Waals surface area contributed by atoms with E-state index < -0.39 is 0 Å². The summed E-state index contributed by atoms with van der Waals surface area (Å²) in [4.78, 5) is 3.49. The normalized spacial score (nSPS) is 11.2. The molecule has 0 aliphatic heterocycles. The molecule has 0 aliphatic carbocycles. The molecule has 0 aliphatic rings. The average Bonchev–Trinajstić information content (AvgIpc) is 1.82. The van der Waals surface area contributed by atoms with Crippen molar-refractivity contribution in [2.45, 2.75) is 0 Å². The third kappa shape index (κ3) is 3.93. The third-order valence-corrected chi connectivity index (χ3v) is 0.814. The standard InChI is InChI=1S/C4H9ClN4/c1-7-4(3-5)8-9(2)6/h1,3,6H2,2H3/b8-4-. The van der Waals surface area contributed by atoms with E-state index in [0.717, 1.165) is 5.12 Å². The second-order valence-electron chi connectivity index (χ2n) is 1.38. The van der Waals surface area contributed by atoms with E-state index in [9.17, 15) is 0 Å². The van der Waals surface area contributed by atoms with Crippen LogP contribution in [0, 0.1) is 0 Å². The first kappa shape index (κ1) is 8.39. The Balaban J connectivity index is 3.90. The van der Waals surface area contributed by atoms with Crippen molar-refractivity contribution < 1.29 is 0 Å². The summed E-state index contributed by atoms with van der Waals surface area (Å²) in [6.45, 7) is 3.24. The first-order valence-corrected chi connectivity index (χ1v) is 2.82. The van der Waals surface area contributed by atoms with Crippen LogP contribution in [0.25, 0.3) is 0 Å². The van der Waals surface area contributed by atoms with Crippen molar-refractivity contribution in [1.29, 1.82) is 0 Å². The van der Waals surface area contributed by atoms with E-state index in [4.69, 9.17) is 17.4 Å². The van der Waals surface area contributed by atoms with Crippen LogP contribution in [0.3, 0.4) is 0 Å². The fraction of sp³-hybridized carbons (Fsp3) is 0.500. The number of hydrazone groups is 1. The molecule has 4 nitrogen and oxygen atoms in total. The predicted octanol–water partition coefficient (Wildman–Crippen LogP) is 0.0448. The van der Waals surface area contributed by atoms with Crippen LogP contribution in [-0.2, 0) is 0 Å². The first-order chi connectivity index (χ1) is 4.20. The minimum absolute atomic E-state index is 0.227. The molecule has 0 aromatic heterocycles. The van der Waals surface area contributed by atoms with Gasteiger partial charge in [0.1, 0.15) is 0 Å². The zero-order valence-corrected chi connectivity index (χ0v) is 5.97. The van der Waals surface area contributed by atoms with Gasteiger partial charge in [0.2, 0.25) is 0 Å². The number of alkyl halides is 1. The lowest BCUT2D eigenvalue weighted by Crippen LogP contribution is -2.21. The largest absolute Gasteiger partial charge is 0.246 e. The first-order valence-electron chi connectivity index (χ1n) is 2.29. The Bertz CT molecular complexity index is 120. The molecular weight excluding hydrogens is 140 g/mol.